The van der Waals surface area contributed by atoms with Crippen LogP contribution in [0.15, 0.2) is 64.8 Å². The molecule has 57 heavy (non-hydrogen) atoms. The van der Waals surface area contributed by atoms with E-state index in [1.165, 1.54) is 0 Å². The van der Waals surface area contributed by atoms with Crippen LogP contribution in [0, 0.1) is 0 Å². The van der Waals surface area contributed by atoms with Gasteiger partial charge in [0, 0.05) is 68.9 Å². The van der Waals surface area contributed by atoms with Gasteiger partial charge < -0.3 is 39.7 Å². The lowest BCUT2D eigenvalue weighted by Crippen LogP contribution is -2.41. The van der Waals surface area contributed by atoms with Crippen LogP contribution in [0.3, 0.4) is 0 Å². The Morgan fingerprint density at radius 1 is 0.684 bits per heavy atom. The molecule has 4 saturated heterocycles. The minimum absolute atomic E-state index is 0.0266. The van der Waals surface area contributed by atoms with Crippen LogP contribution >= 0.6 is 43.5 Å². The molecule has 4 fully saturated rings. The molecule has 0 saturated carbocycles. The Morgan fingerprint density at radius 3 is 1.33 bits per heavy atom. The molecule has 0 radical (unpaired) electrons. The number of allylic oxidation sites excluding steroid dienone is 2. The van der Waals surface area contributed by atoms with Crippen LogP contribution in [0.4, 0.5) is 11.9 Å². The highest BCUT2D eigenvalue weighted by atomic mass is 79.9. The van der Waals surface area contributed by atoms with Crippen molar-refractivity contribution in [3.05, 3.63) is 75.6 Å². The smallest absolute Gasteiger partial charge is 0.400 e. The van der Waals surface area contributed by atoms with Crippen LogP contribution in [-0.2, 0) is 9.31 Å². The number of nitrogens with one attached hydrogen (secondary N) is 1. The third kappa shape index (κ3) is 17.3. The van der Waals surface area contributed by atoms with Crippen molar-refractivity contribution >= 4 is 68.0 Å². The van der Waals surface area contributed by atoms with Crippen molar-refractivity contribution in [2.45, 2.75) is 110 Å². The van der Waals surface area contributed by atoms with Gasteiger partial charge in [-0.1, -0.05) is 12.1 Å². The summed E-state index contributed by atoms with van der Waals surface area (Å²) in [6.07, 6.45) is 15.0. The molecule has 0 bridgehead atoms. The molecule has 0 amide bonds. The summed E-state index contributed by atoms with van der Waals surface area (Å²) in [5.41, 5.74) is 2.39. The van der Waals surface area contributed by atoms with Crippen molar-refractivity contribution in [1.29, 1.82) is 0 Å². The molecule has 3 aromatic heterocycles. The normalized spacial score (nSPS) is 19.3. The van der Waals surface area contributed by atoms with E-state index in [0.29, 0.717) is 0 Å². The monoisotopic (exact) mass is 937 g/mol. The molecule has 314 valence electrons. The van der Waals surface area contributed by atoms with Crippen LogP contribution < -0.4 is 15.1 Å². The van der Waals surface area contributed by atoms with E-state index in [0.717, 1.165) is 115 Å². The van der Waals surface area contributed by atoms with E-state index in [2.05, 4.69) is 90.0 Å². The Morgan fingerprint density at radius 2 is 1.04 bits per heavy atom. The summed E-state index contributed by atoms with van der Waals surface area (Å²) in [7, 11) is -0.241. The van der Waals surface area contributed by atoms with Gasteiger partial charge in [0.25, 0.3) is 0 Å². The molecule has 4 N–H and O–H groups in total. The van der Waals surface area contributed by atoms with Crippen LogP contribution in [0.5, 0.6) is 0 Å². The van der Waals surface area contributed by atoms with Crippen molar-refractivity contribution in [3.8, 4) is 0 Å². The van der Waals surface area contributed by atoms with Crippen LogP contribution in [-0.4, -0.2) is 121 Å². The Balaban J connectivity index is 0.000000197. The number of aromatic nitrogens is 6. The first-order valence-corrected chi connectivity index (χ1v) is 21.2. The molecule has 0 aliphatic carbocycles. The topological polar surface area (TPSA) is 175 Å². The van der Waals surface area contributed by atoms with Crippen molar-refractivity contribution in [2.75, 3.05) is 49.1 Å². The van der Waals surface area contributed by atoms with Crippen LogP contribution in [0.1, 0.15) is 85.6 Å². The summed E-state index contributed by atoms with van der Waals surface area (Å²) < 4.78 is 13.1. The first kappa shape index (κ1) is 48.8. The molecule has 0 spiro atoms. The zero-order valence-electron chi connectivity index (χ0n) is 34.0. The van der Waals surface area contributed by atoms with Crippen LogP contribution in [0.25, 0.3) is 5.57 Å². The summed E-state index contributed by atoms with van der Waals surface area (Å²) in [6, 6.07) is 0. The summed E-state index contributed by atoms with van der Waals surface area (Å²) >= 11 is 11.8. The summed E-state index contributed by atoms with van der Waals surface area (Å²) in [6.45, 7) is 25.0. The Kier molecular flexibility index (Phi) is 20.4. The van der Waals surface area contributed by atoms with Gasteiger partial charge in [-0.05, 0) is 142 Å². The highest BCUT2D eigenvalue weighted by molar-refractivity contribution is 9.10. The number of halogens is 3. The molecule has 0 aromatic carbocycles. The lowest BCUT2D eigenvalue weighted by molar-refractivity contribution is 0.00578. The third-order valence-corrected chi connectivity index (χ3v) is 10.8. The fraction of sp³-hybridized carbons (Fsp3) is 0.590. The van der Waals surface area contributed by atoms with Gasteiger partial charge in [0.05, 0.1) is 38.5 Å². The Bertz CT molecular complexity index is 1600. The highest BCUT2D eigenvalue weighted by Crippen LogP contribution is 2.38. The molecule has 3 aromatic rings. The second-order valence-electron chi connectivity index (χ2n) is 15.3. The average molecular weight is 940 g/mol. The number of aliphatic hydroxyl groups is 3. The van der Waals surface area contributed by atoms with Gasteiger partial charge in [0.15, 0.2) is 0 Å². The summed E-state index contributed by atoms with van der Waals surface area (Å²) in [5.74, 6) is 1.50. The number of nitrogens with zero attached hydrogens (tertiary/aromatic N) is 8. The van der Waals surface area contributed by atoms with Gasteiger partial charge in [-0.15, -0.1) is 6.58 Å². The third-order valence-electron chi connectivity index (χ3n) is 9.79. The van der Waals surface area contributed by atoms with Gasteiger partial charge >= 0.3 is 7.12 Å². The lowest BCUT2D eigenvalue weighted by Gasteiger charge is -2.32. The molecule has 7 rings (SSSR count). The largest absolute Gasteiger partial charge is 0.489 e. The SMILES string of the molecule is C=C(C)B1OC(C)(C)C(C)(C)O1.C=C(C)c1cnc(N2CCC(O)CC2)nc1.Clc1ncc(Br)cn1.OC1CCN(c2ncc(Br)cn2)CC1.OC1CCNCC1. The molecule has 7 heterocycles. The molecular formula is C39H59BBr2ClN9O5. The fourth-order valence-electron chi connectivity index (χ4n) is 5.45. The zero-order chi connectivity index (χ0) is 42.2. The van der Waals surface area contributed by atoms with E-state index in [-0.39, 0.29) is 41.9 Å². The standard InChI is InChI=1S/C12H17N3O.C9H17BO2.C9H12BrN3O.C5H11NO.C4H2BrClN2/c1-9(2)10-7-13-12(14-8-10)15-5-3-11(16)4-6-15;1-7(2)10-11-8(3,4)9(5,6)12-10;10-7-5-11-9(12-6-7)13-3-1-8(14)2-4-13;7-5-1-3-6-4-2-5;5-3-1-7-4(6)8-2-3/h7-8,11,16H,1,3-6H2,2H3;1H2,2-6H3;5-6,8,14H,1-4H2;5-7H,1-4H2;1-2H. The zero-order valence-corrected chi connectivity index (χ0v) is 38.0. The summed E-state index contributed by atoms with van der Waals surface area (Å²) in [5, 5.41) is 31.1. The molecule has 18 heteroatoms. The number of hydrogen-bond acceptors (Lipinski definition) is 14. The number of anilines is 2. The molecule has 0 unspecified atom stereocenters. The van der Waals surface area contributed by atoms with Gasteiger partial charge in [0.2, 0.25) is 17.2 Å². The van der Waals surface area contributed by atoms with Crippen molar-refractivity contribution in [1.82, 2.24) is 35.2 Å². The maximum absolute atomic E-state index is 9.41. The minimum Gasteiger partial charge on any atom is -0.400 e. The predicted molar refractivity (Wildman–Crippen MR) is 235 cm³/mol. The number of aliphatic hydroxyl groups excluding tert-OH is 3. The van der Waals surface area contributed by atoms with E-state index in [4.69, 9.17) is 26.0 Å². The molecular weight excluding hydrogens is 881 g/mol. The van der Waals surface area contributed by atoms with E-state index in [1.54, 1.807) is 37.2 Å². The average Bonchev–Trinajstić information content (AvgIpc) is 3.41. The number of rotatable bonds is 4. The van der Waals surface area contributed by atoms with Crippen molar-refractivity contribution in [2.24, 2.45) is 0 Å². The lowest BCUT2D eigenvalue weighted by atomic mass is 9.81. The number of hydrogen-bond donors (Lipinski definition) is 4. The van der Waals surface area contributed by atoms with Gasteiger partial charge in [-0.3, -0.25) is 0 Å². The maximum atomic E-state index is 9.41. The molecule has 0 atom stereocenters. The molecule has 14 nitrogen and oxygen atoms in total. The van der Waals surface area contributed by atoms with E-state index in [1.807, 2.05) is 41.5 Å². The van der Waals surface area contributed by atoms with Gasteiger partial charge in [0.1, 0.15) is 0 Å². The minimum atomic E-state index is -0.241. The Labute approximate surface area is 360 Å². The van der Waals surface area contributed by atoms with E-state index >= 15 is 0 Å². The Hall–Kier alpha value is -2.61. The molecule has 4 aliphatic heterocycles. The second-order valence-corrected chi connectivity index (χ2v) is 17.4. The highest BCUT2D eigenvalue weighted by Gasteiger charge is 2.51. The fourth-order valence-corrected chi connectivity index (χ4v) is 5.96. The quantitative estimate of drug-likeness (QED) is 0.165. The second kappa shape index (κ2) is 23.9. The van der Waals surface area contributed by atoms with E-state index < -0.39 is 0 Å². The molecule has 4 aliphatic rings. The van der Waals surface area contributed by atoms with Crippen molar-refractivity contribution < 1.29 is 24.6 Å². The van der Waals surface area contributed by atoms with Crippen LogP contribution in [0.2, 0.25) is 5.28 Å². The first-order chi connectivity index (χ1) is 26.9. The van der Waals surface area contributed by atoms with Crippen molar-refractivity contribution in [3.63, 3.8) is 0 Å². The van der Waals surface area contributed by atoms with Gasteiger partial charge in [-0.25, -0.2) is 29.9 Å². The van der Waals surface area contributed by atoms with E-state index in [9.17, 15) is 10.2 Å². The van der Waals surface area contributed by atoms with Gasteiger partial charge in [-0.2, -0.15) is 0 Å². The maximum Gasteiger partial charge on any atom is 0.489 e. The predicted octanol–water partition coefficient (Wildman–Crippen LogP) is 6.49. The summed E-state index contributed by atoms with van der Waals surface area (Å²) in [4.78, 5) is 28.6. The first-order valence-electron chi connectivity index (χ1n) is 19.2. The number of piperidine rings is 3.